The molecule has 24 heavy (non-hydrogen) atoms. The molecule has 1 aliphatic rings. The van der Waals surface area contributed by atoms with E-state index in [1.54, 1.807) is 13.3 Å². The summed E-state index contributed by atoms with van der Waals surface area (Å²) >= 11 is 0. The van der Waals surface area contributed by atoms with Crippen LogP contribution in [0.15, 0.2) is 47.1 Å². The lowest BCUT2D eigenvalue weighted by Gasteiger charge is -2.21. The number of nitrogens with one attached hydrogen (secondary N) is 1. The molecular weight excluding hydrogens is 302 g/mol. The highest BCUT2D eigenvalue weighted by atomic mass is 16.3. The van der Waals surface area contributed by atoms with Crippen molar-refractivity contribution in [3.8, 4) is 5.69 Å². The molecule has 0 radical (unpaired) electrons. The minimum absolute atomic E-state index is 0.0602. The van der Waals surface area contributed by atoms with Crippen LogP contribution in [-0.2, 0) is 6.42 Å². The topological polar surface area (TPSA) is 60.1 Å². The lowest BCUT2D eigenvalue weighted by Crippen LogP contribution is -2.20. The van der Waals surface area contributed by atoms with Crippen LogP contribution in [0.2, 0.25) is 0 Å². The molecule has 1 aromatic carbocycles. The first-order valence-corrected chi connectivity index (χ1v) is 8.10. The summed E-state index contributed by atoms with van der Waals surface area (Å²) in [6.07, 6.45) is 2.85. The average molecular weight is 321 g/mol. The fraction of sp³-hybridized carbons (Fsp3) is 0.263. The molecular formula is C19H19N3O2. The normalized spacial score (nSPS) is 16.9. The molecule has 1 atom stereocenters. The van der Waals surface area contributed by atoms with Crippen molar-refractivity contribution in [1.82, 2.24) is 9.78 Å². The molecule has 5 heteroatoms. The number of benzene rings is 1. The van der Waals surface area contributed by atoms with E-state index in [0.717, 1.165) is 29.1 Å². The molecule has 5 nitrogen and oxygen atoms in total. The number of nitrogens with zero attached hydrogens (tertiary/aromatic N) is 2. The zero-order valence-corrected chi connectivity index (χ0v) is 13.7. The van der Waals surface area contributed by atoms with Crippen molar-refractivity contribution in [3.05, 3.63) is 65.2 Å². The van der Waals surface area contributed by atoms with Gasteiger partial charge < -0.3 is 9.73 Å². The Labute approximate surface area is 140 Å². The van der Waals surface area contributed by atoms with Crippen molar-refractivity contribution >= 4 is 11.6 Å². The number of carbonyl (C=O) groups is 1. The minimum Gasteiger partial charge on any atom is -0.469 e. The van der Waals surface area contributed by atoms with Crippen LogP contribution in [0.1, 0.15) is 39.7 Å². The summed E-state index contributed by atoms with van der Waals surface area (Å²) < 4.78 is 7.43. The van der Waals surface area contributed by atoms with E-state index in [9.17, 15) is 4.79 Å². The summed E-state index contributed by atoms with van der Waals surface area (Å²) in [6, 6.07) is 12.0. The molecule has 0 amide bonds. The molecule has 0 spiro atoms. The van der Waals surface area contributed by atoms with E-state index in [-0.39, 0.29) is 11.7 Å². The van der Waals surface area contributed by atoms with Gasteiger partial charge in [0.25, 0.3) is 0 Å². The number of carbonyl (C=O) groups excluding carboxylic acids is 1. The maximum Gasteiger partial charge on any atom is 0.169 e. The highest BCUT2D eigenvalue weighted by molar-refractivity contribution is 6.03. The standard InChI is InChI=1S/C19H19N3O2/c1-12-5-3-6-14(9-12)22-15-10-13(17-7-4-8-24-17)11-16(23)18(15)19(20-2)21-22/h3-9,13H,10-11H2,1-2H3,(H,20,21). The highest BCUT2D eigenvalue weighted by Crippen LogP contribution is 2.37. The van der Waals surface area contributed by atoms with Gasteiger partial charge in [0, 0.05) is 25.8 Å². The van der Waals surface area contributed by atoms with Gasteiger partial charge in [-0.1, -0.05) is 12.1 Å². The largest absolute Gasteiger partial charge is 0.469 e. The van der Waals surface area contributed by atoms with E-state index >= 15 is 0 Å². The van der Waals surface area contributed by atoms with E-state index in [1.807, 2.05) is 28.9 Å². The molecule has 1 N–H and O–H groups in total. The van der Waals surface area contributed by atoms with Gasteiger partial charge in [-0.2, -0.15) is 0 Å². The second-order valence-corrected chi connectivity index (χ2v) is 6.21. The predicted octanol–water partition coefficient (Wildman–Crippen LogP) is 3.73. The van der Waals surface area contributed by atoms with Crippen molar-refractivity contribution in [1.29, 1.82) is 0 Å². The Balaban J connectivity index is 1.85. The van der Waals surface area contributed by atoms with Gasteiger partial charge in [-0.3, -0.25) is 4.79 Å². The molecule has 0 saturated heterocycles. The molecule has 0 bridgehead atoms. The first-order chi connectivity index (χ1) is 11.7. The maximum atomic E-state index is 12.7. The number of ketones is 1. The Bertz CT molecular complexity index is 893. The summed E-state index contributed by atoms with van der Waals surface area (Å²) in [4.78, 5) is 12.7. The van der Waals surface area contributed by atoms with Crippen LogP contribution in [0.3, 0.4) is 0 Å². The van der Waals surface area contributed by atoms with Gasteiger partial charge in [0.2, 0.25) is 0 Å². The fourth-order valence-corrected chi connectivity index (χ4v) is 3.44. The van der Waals surface area contributed by atoms with Crippen molar-refractivity contribution in [3.63, 3.8) is 0 Å². The average Bonchev–Trinajstić information content (AvgIpc) is 3.22. The van der Waals surface area contributed by atoms with Gasteiger partial charge in [0.15, 0.2) is 11.6 Å². The minimum atomic E-state index is 0.0602. The Morgan fingerprint density at radius 2 is 2.12 bits per heavy atom. The van der Waals surface area contributed by atoms with Crippen LogP contribution in [0, 0.1) is 6.92 Å². The lowest BCUT2D eigenvalue weighted by molar-refractivity contribution is 0.0960. The second-order valence-electron chi connectivity index (χ2n) is 6.21. The van der Waals surface area contributed by atoms with E-state index in [4.69, 9.17) is 4.42 Å². The zero-order valence-electron chi connectivity index (χ0n) is 13.7. The number of anilines is 1. The summed E-state index contributed by atoms with van der Waals surface area (Å²) in [5, 5.41) is 7.71. The van der Waals surface area contributed by atoms with Crippen molar-refractivity contribution in [2.45, 2.75) is 25.7 Å². The molecule has 1 unspecified atom stereocenters. The molecule has 0 fully saturated rings. The van der Waals surface area contributed by atoms with Gasteiger partial charge in [-0.15, -0.1) is 5.10 Å². The number of furan rings is 1. The van der Waals surface area contributed by atoms with Crippen molar-refractivity contribution < 1.29 is 9.21 Å². The van der Waals surface area contributed by atoms with Crippen LogP contribution in [0.25, 0.3) is 5.69 Å². The SMILES string of the molecule is CNc1nn(-c2cccc(C)c2)c2c1C(=O)CC(c1ccco1)C2. The third-order valence-electron chi connectivity index (χ3n) is 4.56. The Kier molecular flexibility index (Phi) is 3.49. The van der Waals surface area contributed by atoms with Crippen LogP contribution in [0.5, 0.6) is 0 Å². The van der Waals surface area contributed by atoms with Gasteiger partial charge >= 0.3 is 0 Å². The number of aromatic nitrogens is 2. The third-order valence-corrected chi connectivity index (χ3v) is 4.56. The summed E-state index contributed by atoms with van der Waals surface area (Å²) in [5.41, 5.74) is 3.79. The molecule has 2 heterocycles. The summed E-state index contributed by atoms with van der Waals surface area (Å²) in [7, 11) is 1.80. The molecule has 2 aromatic heterocycles. The number of hydrogen-bond acceptors (Lipinski definition) is 4. The number of rotatable bonds is 3. The van der Waals surface area contributed by atoms with Crippen molar-refractivity contribution in [2.24, 2.45) is 0 Å². The Morgan fingerprint density at radius 3 is 2.83 bits per heavy atom. The first-order valence-electron chi connectivity index (χ1n) is 8.10. The third kappa shape index (κ3) is 2.33. The molecule has 3 aromatic rings. The Hall–Kier alpha value is -2.82. The van der Waals surface area contributed by atoms with Crippen molar-refractivity contribution in [2.75, 3.05) is 12.4 Å². The fourth-order valence-electron chi connectivity index (χ4n) is 3.44. The number of hydrogen-bond donors (Lipinski definition) is 1. The molecule has 0 aliphatic heterocycles. The van der Waals surface area contributed by atoms with Gasteiger partial charge in [-0.05, 0) is 36.8 Å². The van der Waals surface area contributed by atoms with Crippen LogP contribution >= 0.6 is 0 Å². The van der Waals surface area contributed by atoms with E-state index in [2.05, 4.69) is 29.5 Å². The highest BCUT2D eigenvalue weighted by Gasteiger charge is 2.34. The van der Waals surface area contributed by atoms with Gasteiger partial charge in [0.1, 0.15) is 5.76 Å². The van der Waals surface area contributed by atoms with E-state index in [1.165, 1.54) is 0 Å². The van der Waals surface area contributed by atoms with E-state index in [0.29, 0.717) is 17.8 Å². The smallest absolute Gasteiger partial charge is 0.169 e. The summed E-state index contributed by atoms with van der Waals surface area (Å²) in [5.74, 6) is 1.68. The van der Waals surface area contributed by atoms with Gasteiger partial charge in [-0.25, -0.2) is 4.68 Å². The number of Topliss-reactive ketones (excluding diaryl/α,β-unsaturated/α-hetero) is 1. The lowest BCUT2D eigenvalue weighted by atomic mass is 9.85. The molecule has 1 aliphatic carbocycles. The van der Waals surface area contributed by atoms with Crippen LogP contribution in [0.4, 0.5) is 5.82 Å². The number of aryl methyl sites for hydroxylation is 1. The van der Waals surface area contributed by atoms with E-state index < -0.39 is 0 Å². The quantitative estimate of drug-likeness (QED) is 0.798. The zero-order chi connectivity index (χ0) is 16.7. The monoisotopic (exact) mass is 321 g/mol. The summed E-state index contributed by atoms with van der Waals surface area (Å²) in [6.45, 7) is 2.05. The molecule has 122 valence electrons. The second kappa shape index (κ2) is 5.67. The molecule has 4 rings (SSSR count). The van der Waals surface area contributed by atoms with Crippen LogP contribution < -0.4 is 5.32 Å². The maximum absolute atomic E-state index is 12.7. The Morgan fingerprint density at radius 1 is 1.25 bits per heavy atom. The van der Waals surface area contributed by atoms with Crippen LogP contribution in [-0.4, -0.2) is 22.6 Å². The molecule has 0 saturated carbocycles. The first kappa shape index (κ1) is 14.8. The predicted molar refractivity (Wildman–Crippen MR) is 91.9 cm³/mol. The van der Waals surface area contributed by atoms with Gasteiger partial charge in [0.05, 0.1) is 23.2 Å². The number of fused-ring (bicyclic) bond motifs is 1.